The fourth-order valence-corrected chi connectivity index (χ4v) is 1.52. The zero-order valence-electron chi connectivity index (χ0n) is 9.13. The Bertz CT molecular complexity index is 529. The minimum absolute atomic E-state index is 0.0216. The Morgan fingerprint density at radius 1 is 1.41 bits per heavy atom. The van der Waals surface area contributed by atoms with Gasteiger partial charge in [-0.25, -0.2) is 0 Å². The first-order valence-corrected chi connectivity index (χ1v) is 5.12. The number of benzene rings is 1. The van der Waals surface area contributed by atoms with Crippen molar-refractivity contribution in [1.29, 1.82) is 0 Å². The Morgan fingerprint density at radius 3 is 2.94 bits per heavy atom. The summed E-state index contributed by atoms with van der Waals surface area (Å²) in [7, 11) is 0. The molecule has 0 unspecified atom stereocenters. The quantitative estimate of drug-likeness (QED) is 0.589. The van der Waals surface area contributed by atoms with Crippen LogP contribution >= 0.6 is 0 Å². The van der Waals surface area contributed by atoms with E-state index in [1.165, 1.54) is 12.1 Å². The van der Waals surface area contributed by atoms with Crippen LogP contribution in [-0.2, 0) is 0 Å². The number of nitro groups is 1. The van der Waals surface area contributed by atoms with E-state index in [2.05, 4.69) is 6.58 Å². The number of hydrogen-bond donors (Lipinski definition) is 0. The highest BCUT2D eigenvalue weighted by Gasteiger charge is 2.09. The number of allylic oxidation sites excluding steroid dienone is 4. The molecule has 1 aromatic rings. The van der Waals surface area contributed by atoms with E-state index in [0.29, 0.717) is 12.2 Å². The summed E-state index contributed by atoms with van der Waals surface area (Å²) < 4.78 is 5.56. The van der Waals surface area contributed by atoms with Crippen LogP contribution in [0.5, 0.6) is 5.75 Å². The molecule has 4 nitrogen and oxygen atoms in total. The maximum Gasteiger partial charge on any atom is 0.273 e. The van der Waals surface area contributed by atoms with Gasteiger partial charge in [-0.1, -0.05) is 24.8 Å². The van der Waals surface area contributed by atoms with E-state index >= 15 is 0 Å². The van der Waals surface area contributed by atoms with Crippen LogP contribution in [0.3, 0.4) is 0 Å². The van der Waals surface area contributed by atoms with E-state index in [1.54, 1.807) is 12.1 Å². The minimum atomic E-state index is -0.444. The number of nitro benzene ring substituents is 1. The van der Waals surface area contributed by atoms with Gasteiger partial charge in [-0.05, 0) is 17.7 Å². The van der Waals surface area contributed by atoms with Gasteiger partial charge >= 0.3 is 0 Å². The van der Waals surface area contributed by atoms with Crippen LogP contribution in [0, 0.1) is 10.1 Å². The fourth-order valence-electron chi connectivity index (χ4n) is 1.52. The summed E-state index contributed by atoms with van der Waals surface area (Å²) in [5.41, 5.74) is 0.973. The summed E-state index contributed by atoms with van der Waals surface area (Å²) in [6, 6.07) is 6.12. The van der Waals surface area contributed by atoms with Crippen molar-refractivity contribution in [3.63, 3.8) is 0 Å². The Balaban J connectivity index is 2.16. The summed E-state index contributed by atoms with van der Waals surface area (Å²) in [6.07, 6.45) is 6.20. The van der Waals surface area contributed by atoms with Crippen LogP contribution in [0.15, 0.2) is 60.4 Å². The van der Waals surface area contributed by atoms with E-state index < -0.39 is 4.92 Å². The maximum atomic E-state index is 10.6. The molecule has 0 aromatic heterocycles. The third kappa shape index (κ3) is 2.81. The van der Waals surface area contributed by atoms with Crippen LogP contribution in [0.1, 0.15) is 6.42 Å². The smallest absolute Gasteiger partial charge is 0.273 e. The predicted molar refractivity (Wildman–Crippen MR) is 64.7 cm³/mol. The van der Waals surface area contributed by atoms with E-state index in [0.717, 1.165) is 11.3 Å². The highest BCUT2D eigenvalue weighted by Crippen LogP contribution is 2.24. The number of non-ortho nitro benzene ring substituents is 1. The predicted octanol–water partition coefficient (Wildman–Crippen LogP) is 3.37. The molecule has 0 radical (unpaired) electrons. The monoisotopic (exact) mass is 229 g/mol. The second kappa shape index (κ2) is 4.65. The van der Waals surface area contributed by atoms with Crippen molar-refractivity contribution in [2.45, 2.75) is 6.42 Å². The molecule has 1 aromatic carbocycles. The third-order valence-corrected chi connectivity index (χ3v) is 2.29. The van der Waals surface area contributed by atoms with Gasteiger partial charge in [0.05, 0.1) is 11.0 Å². The lowest BCUT2D eigenvalue weighted by Crippen LogP contribution is -1.99. The lowest BCUT2D eigenvalue weighted by molar-refractivity contribution is -0.384. The van der Waals surface area contributed by atoms with Gasteiger partial charge in [-0.15, -0.1) is 0 Å². The first kappa shape index (κ1) is 11.1. The standard InChI is InChI=1S/C13H11NO3/c1-10-4-2-6-12(8-10)17-13-7-3-5-11(9-13)14(15)16/h2-7,9H,1,8H2. The molecule has 86 valence electrons. The molecule has 0 N–H and O–H groups in total. The number of ether oxygens (including phenoxy) is 1. The molecule has 0 aliphatic heterocycles. The fraction of sp³-hybridized carbons (Fsp3) is 0.0769. The Morgan fingerprint density at radius 2 is 2.24 bits per heavy atom. The first-order valence-electron chi connectivity index (χ1n) is 5.12. The minimum Gasteiger partial charge on any atom is -0.461 e. The summed E-state index contributed by atoms with van der Waals surface area (Å²) in [6.45, 7) is 3.84. The topological polar surface area (TPSA) is 52.4 Å². The molecular formula is C13H11NO3. The second-order valence-corrected chi connectivity index (χ2v) is 3.68. The van der Waals surface area contributed by atoms with Crippen molar-refractivity contribution in [2.75, 3.05) is 0 Å². The van der Waals surface area contributed by atoms with Crippen molar-refractivity contribution in [3.05, 3.63) is 70.5 Å². The van der Waals surface area contributed by atoms with Crippen molar-refractivity contribution in [2.24, 2.45) is 0 Å². The SMILES string of the molecule is C=C1C=CC=C(Oc2cccc([N+](=O)[O-])c2)C1. The third-order valence-electron chi connectivity index (χ3n) is 2.29. The zero-order valence-corrected chi connectivity index (χ0v) is 9.13. The highest BCUT2D eigenvalue weighted by molar-refractivity contribution is 5.40. The Kier molecular flexibility index (Phi) is 3.05. The van der Waals surface area contributed by atoms with Crippen molar-refractivity contribution >= 4 is 5.69 Å². The van der Waals surface area contributed by atoms with Gasteiger partial charge in [0.1, 0.15) is 11.5 Å². The molecule has 1 aliphatic carbocycles. The average molecular weight is 229 g/mol. The molecule has 0 fully saturated rings. The summed E-state index contributed by atoms with van der Waals surface area (Å²) in [4.78, 5) is 10.2. The van der Waals surface area contributed by atoms with Crippen molar-refractivity contribution < 1.29 is 9.66 Å². The molecule has 0 saturated carbocycles. The van der Waals surface area contributed by atoms with Gasteiger partial charge < -0.3 is 4.74 Å². The molecule has 0 atom stereocenters. The Labute approximate surface area is 98.7 Å². The molecule has 2 rings (SSSR count). The summed E-state index contributed by atoms with van der Waals surface area (Å²) >= 11 is 0. The van der Waals surface area contributed by atoms with Gasteiger partial charge in [0.15, 0.2) is 0 Å². The van der Waals surface area contributed by atoms with E-state index in [1.807, 2.05) is 18.2 Å². The number of nitrogens with zero attached hydrogens (tertiary/aromatic N) is 1. The van der Waals surface area contributed by atoms with Gasteiger partial charge in [0.2, 0.25) is 0 Å². The molecule has 17 heavy (non-hydrogen) atoms. The van der Waals surface area contributed by atoms with Crippen molar-refractivity contribution in [3.8, 4) is 5.75 Å². The van der Waals surface area contributed by atoms with E-state index in [4.69, 9.17) is 4.74 Å². The Hall–Kier alpha value is -2.36. The van der Waals surface area contributed by atoms with Crippen LogP contribution in [0.25, 0.3) is 0 Å². The largest absolute Gasteiger partial charge is 0.461 e. The van der Waals surface area contributed by atoms with Gasteiger partial charge in [-0.3, -0.25) is 10.1 Å². The van der Waals surface area contributed by atoms with Gasteiger partial charge in [0, 0.05) is 12.5 Å². The van der Waals surface area contributed by atoms with E-state index in [9.17, 15) is 10.1 Å². The van der Waals surface area contributed by atoms with Crippen molar-refractivity contribution in [1.82, 2.24) is 0 Å². The van der Waals surface area contributed by atoms with Gasteiger partial charge in [0.25, 0.3) is 5.69 Å². The second-order valence-electron chi connectivity index (χ2n) is 3.68. The molecule has 1 aliphatic rings. The van der Waals surface area contributed by atoms with Crippen LogP contribution in [0.4, 0.5) is 5.69 Å². The van der Waals surface area contributed by atoms with Gasteiger partial charge in [-0.2, -0.15) is 0 Å². The zero-order chi connectivity index (χ0) is 12.3. The van der Waals surface area contributed by atoms with Crippen LogP contribution in [-0.4, -0.2) is 4.92 Å². The number of rotatable bonds is 3. The summed E-state index contributed by atoms with van der Waals surface area (Å²) in [5.74, 6) is 1.20. The molecule has 0 bridgehead atoms. The van der Waals surface area contributed by atoms with Crippen LogP contribution in [0.2, 0.25) is 0 Å². The number of hydrogen-bond acceptors (Lipinski definition) is 3. The van der Waals surface area contributed by atoms with E-state index in [-0.39, 0.29) is 5.69 Å². The molecule has 0 amide bonds. The molecule has 0 heterocycles. The average Bonchev–Trinajstić information content (AvgIpc) is 2.29. The highest BCUT2D eigenvalue weighted by atomic mass is 16.6. The summed E-state index contributed by atoms with van der Waals surface area (Å²) in [5, 5.41) is 10.6. The molecule has 0 spiro atoms. The lowest BCUT2D eigenvalue weighted by Gasteiger charge is -2.12. The normalized spacial score (nSPS) is 14.4. The molecule has 0 saturated heterocycles. The molecular weight excluding hydrogens is 218 g/mol. The van der Waals surface area contributed by atoms with Crippen LogP contribution < -0.4 is 4.74 Å². The molecule has 4 heteroatoms. The maximum absolute atomic E-state index is 10.6. The first-order chi connectivity index (χ1) is 8.15. The lowest BCUT2D eigenvalue weighted by atomic mass is 10.1.